The van der Waals surface area contributed by atoms with Gasteiger partial charge >= 0.3 is 5.72 Å². The Labute approximate surface area is 168 Å². The van der Waals surface area contributed by atoms with Gasteiger partial charge in [0.1, 0.15) is 5.75 Å². The monoisotopic (exact) mass is 381 g/mol. The smallest absolute Gasteiger partial charge is 0.306 e. The standard InChI is InChI=1S/C24H19N3O2/c1-15-10-12-16(13-11-15)20-14-21-17-6-2-5-9-22(17)29-24(27(21)26-20)18-7-3-4-8-19(18)25-23(24)28/h2-13,21H,14H2,1H3,(H,25,28)/t21-,24-/m1/s1. The molecule has 3 heterocycles. The topological polar surface area (TPSA) is 53.9 Å². The Morgan fingerprint density at radius 3 is 2.66 bits per heavy atom. The molecule has 3 aromatic rings. The average molecular weight is 381 g/mol. The van der Waals surface area contributed by atoms with Crippen molar-refractivity contribution in [2.45, 2.75) is 25.1 Å². The maximum Gasteiger partial charge on any atom is 0.306 e. The van der Waals surface area contributed by atoms with Gasteiger partial charge in [-0.05, 0) is 24.6 Å². The van der Waals surface area contributed by atoms with Crippen molar-refractivity contribution in [3.63, 3.8) is 0 Å². The summed E-state index contributed by atoms with van der Waals surface area (Å²) in [6, 6.07) is 23.9. The molecule has 3 aromatic carbocycles. The van der Waals surface area contributed by atoms with Gasteiger partial charge in [0.25, 0.3) is 5.91 Å². The van der Waals surface area contributed by atoms with Crippen LogP contribution in [-0.4, -0.2) is 16.6 Å². The molecule has 0 saturated heterocycles. The molecule has 0 bridgehead atoms. The summed E-state index contributed by atoms with van der Waals surface area (Å²) in [5, 5.41) is 9.81. The Bertz CT molecular complexity index is 1180. The lowest BCUT2D eigenvalue weighted by Crippen LogP contribution is -2.55. The Kier molecular flexibility index (Phi) is 3.22. The molecule has 0 fully saturated rings. The molecule has 1 amide bonds. The van der Waals surface area contributed by atoms with Crippen molar-refractivity contribution in [1.29, 1.82) is 0 Å². The number of aryl methyl sites for hydroxylation is 1. The first kappa shape index (κ1) is 16.4. The zero-order chi connectivity index (χ0) is 19.6. The van der Waals surface area contributed by atoms with Crippen LogP contribution < -0.4 is 10.1 Å². The number of carbonyl (C=O) groups excluding carboxylic acids is 1. The van der Waals surface area contributed by atoms with Crippen LogP contribution in [-0.2, 0) is 10.5 Å². The molecule has 0 aromatic heterocycles. The Morgan fingerprint density at radius 2 is 1.79 bits per heavy atom. The van der Waals surface area contributed by atoms with E-state index in [9.17, 15) is 4.79 Å². The Hall–Kier alpha value is -3.60. The van der Waals surface area contributed by atoms with Crippen molar-refractivity contribution >= 4 is 17.3 Å². The van der Waals surface area contributed by atoms with Crippen molar-refractivity contribution < 1.29 is 9.53 Å². The normalized spacial score (nSPS) is 23.8. The highest BCUT2D eigenvalue weighted by Gasteiger charge is 2.60. The highest BCUT2D eigenvalue weighted by molar-refractivity contribution is 6.07. The minimum absolute atomic E-state index is 0.0619. The number of amides is 1. The number of fused-ring (bicyclic) bond motifs is 6. The minimum atomic E-state index is -1.29. The molecule has 0 radical (unpaired) electrons. The summed E-state index contributed by atoms with van der Waals surface area (Å²) in [4.78, 5) is 13.3. The first-order valence-electron chi connectivity index (χ1n) is 9.79. The van der Waals surface area contributed by atoms with Crippen LogP contribution in [0.25, 0.3) is 0 Å². The van der Waals surface area contributed by atoms with Gasteiger partial charge < -0.3 is 10.1 Å². The molecule has 0 aliphatic carbocycles. The van der Waals surface area contributed by atoms with Gasteiger partial charge in [-0.1, -0.05) is 66.2 Å². The number of anilines is 1. The van der Waals surface area contributed by atoms with E-state index < -0.39 is 5.72 Å². The van der Waals surface area contributed by atoms with Crippen molar-refractivity contribution in [2.75, 3.05) is 5.32 Å². The fraction of sp³-hybridized carbons (Fsp3) is 0.167. The number of ether oxygens (including phenoxy) is 1. The zero-order valence-corrected chi connectivity index (χ0v) is 15.9. The van der Waals surface area contributed by atoms with Gasteiger partial charge in [-0.3, -0.25) is 4.79 Å². The van der Waals surface area contributed by atoms with E-state index in [4.69, 9.17) is 9.84 Å². The van der Waals surface area contributed by atoms with E-state index in [0.717, 1.165) is 40.3 Å². The lowest BCUT2D eigenvalue weighted by Gasteiger charge is -2.43. The molecule has 29 heavy (non-hydrogen) atoms. The van der Waals surface area contributed by atoms with Gasteiger partial charge in [-0.15, -0.1) is 0 Å². The second kappa shape index (κ2) is 5.70. The molecule has 0 saturated carbocycles. The molecule has 5 heteroatoms. The van der Waals surface area contributed by atoms with Gasteiger partial charge in [0.15, 0.2) is 0 Å². The number of hydrogen-bond acceptors (Lipinski definition) is 4. The fourth-order valence-corrected chi connectivity index (χ4v) is 4.56. The van der Waals surface area contributed by atoms with Gasteiger partial charge in [-0.2, -0.15) is 5.10 Å². The molecule has 2 atom stereocenters. The number of nitrogens with zero attached hydrogens (tertiary/aromatic N) is 2. The van der Waals surface area contributed by atoms with Crippen LogP contribution in [0.4, 0.5) is 5.69 Å². The van der Waals surface area contributed by atoms with Crippen molar-refractivity contribution in [3.8, 4) is 5.75 Å². The number of para-hydroxylation sites is 2. The summed E-state index contributed by atoms with van der Waals surface area (Å²) in [6.07, 6.45) is 0.723. The van der Waals surface area contributed by atoms with Crippen LogP contribution in [0.3, 0.4) is 0 Å². The highest BCUT2D eigenvalue weighted by atomic mass is 16.5. The molecular formula is C24H19N3O2. The van der Waals surface area contributed by atoms with Gasteiger partial charge in [0.05, 0.1) is 23.0 Å². The number of hydrazone groups is 1. The maximum atomic E-state index is 13.3. The molecule has 6 rings (SSSR count). The second-order valence-corrected chi connectivity index (χ2v) is 7.76. The summed E-state index contributed by atoms with van der Waals surface area (Å²) in [7, 11) is 0. The Balaban J connectivity index is 1.56. The van der Waals surface area contributed by atoms with Crippen LogP contribution in [0, 0.1) is 6.92 Å². The molecule has 0 unspecified atom stereocenters. The van der Waals surface area contributed by atoms with Crippen LogP contribution in [0.1, 0.15) is 34.7 Å². The van der Waals surface area contributed by atoms with Crippen molar-refractivity contribution in [2.24, 2.45) is 5.10 Å². The second-order valence-electron chi connectivity index (χ2n) is 7.76. The summed E-state index contributed by atoms with van der Waals surface area (Å²) in [5.41, 5.74) is 4.59. The average Bonchev–Trinajstić information content (AvgIpc) is 3.30. The first-order chi connectivity index (χ1) is 14.2. The molecular weight excluding hydrogens is 362 g/mol. The lowest BCUT2D eigenvalue weighted by molar-refractivity contribution is -0.161. The van der Waals surface area contributed by atoms with Gasteiger partial charge in [0.2, 0.25) is 0 Å². The van der Waals surface area contributed by atoms with E-state index in [1.165, 1.54) is 5.56 Å². The van der Waals surface area contributed by atoms with Crippen LogP contribution in [0.15, 0.2) is 77.9 Å². The largest absolute Gasteiger partial charge is 0.453 e. The van der Waals surface area contributed by atoms with Gasteiger partial charge in [-0.25, -0.2) is 5.01 Å². The van der Waals surface area contributed by atoms with Crippen LogP contribution >= 0.6 is 0 Å². The van der Waals surface area contributed by atoms with Crippen molar-refractivity contribution in [3.05, 3.63) is 95.1 Å². The summed E-state index contributed by atoms with van der Waals surface area (Å²) >= 11 is 0. The third kappa shape index (κ3) is 2.15. The van der Waals surface area contributed by atoms with E-state index in [2.05, 4.69) is 42.6 Å². The van der Waals surface area contributed by atoms with Crippen LogP contribution in [0.2, 0.25) is 0 Å². The quantitative estimate of drug-likeness (QED) is 0.682. The third-order valence-electron chi connectivity index (χ3n) is 6.00. The van der Waals surface area contributed by atoms with Crippen LogP contribution in [0.5, 0.6) is 5.75 Å². The van der Waals surface area contributed by atoms with E-state index >= 15 is 0 Å². The van der Waals surface area contributed by atoms with Crippen molar-refractivity contribution in [1.82, 2.24) is 5.01 Å². The number of nitrogens with one attached hydrogen (secondary N) is 1. The molecule has 1 N–H and O–H groups in total. The number of carbonyl (C=O) groups is 1. The minimum Gasteiger partial charge on any atom is -0.453 e. The third-order valence-corrected chi connectivity index (χ3v) is 6.00. The van der Waals surface area contributed by atoms with E-state index in [0.29, 0.717) is 0 Å². The molecule has 142 valence electrons. The zero-order valence-electron chi connectivity index (χ0n) is 15.9. The molecule has 3 aliphatic heterocycles. The lowest BCUT2D eigenvalue weighted by atomic mass is 9.92. The predicted molar refractivity (Wildman–Crippen MR) is 111 cm³/mol. The molecule has 1 spiro atoms. The maximum absolute atomic E-state index is 13.3. The SMILES string of the molecule is Cc1ccc(C2=NN3[C@H](C2)c2ccccc2O[C@]32C(=O)Nc3ccccc32)cc1. The van der Waals surface area contributed by atoms with E-state index in [1.807, 2.05) is 47.5 Å². The predicted octanol–water partition coefficient (Wildman–Crippen LogP) is 4.34. The number of rotatable bonds is 1. The highest BCUT2D eigenvalue weighted by Crippen LogP contribution is 2.53. The van der Waals surface area contributed by atoms with Gasteiger partial charge in [0, 0.05) is 12.0 Å². The molecule has 3 aliphatic rings. The van der Waals surface area contributed by atoms with E-state index in [-0.39, 0.29) is 11.9 Å². The molecule has 5 nitrogen and oxygen atoms in total. The fourth-order valence-electron chi connectivity index (χ4n) is 4.56. The number of hydrogen-bond donors (Lipinski definition) is 1. The summed E-state index contributed by atoms with van der Waals surface area (Å²) in [5.74, 6) is 0.535. The first-order valence-corrected chi connectivity index (χ1v) is 9.79. The summed E-state index contributed by atoms with van der Waals surface area (Å²) in [6.45, 7) is 2.07. The summed E-state index contributed by atoms with van der Waals surface area (Å²) < 4.78 is 6.44. The van der Waals surface area contributed by atoms with E-state index in [1.54, 1.807) is 0 Å². The Morgan fingerprint density at radius 1 is 1.03 bits per heavy atom. The number of benzene rings is 3.